The Morgan fingerprint density at radius 1 is 1.40 bits per heavy atom. The third-order valence-corrected chi connectivity index (χ3v) is 3.29. The first kappa shape index (κ1) is 12.8. The summed E-state index contributed by atoms with van der Waals surface area (Å²) in [6.45, 7) is 0.181. The van der Waals surface area contributed by atoms with E-state index in [0.29, 0.717) is 12.3 Å². The Bertz CT molecular complexity index is 199. The van der Waals surface area contributed by atoms with Crippen LogP contribution >= 0.6 is 11.6 Å². The van der Waals surface area contributed by atoms with Gasteiger partial charge < -0.3 is 10.4 Å². The molecule has 2 unspecified atom stereocenters. The maximum atomic E-state index is 11.5. The van der Waals surface area contributed by atoms with Gasteiger partial charge in [0.15, 0.2) is 0 Å². The molecule has 2 atom stereocenters. The number of rotatable bonds is 5. The summed E-state index contributed by atoms with van der Waals surface area (Å²) in [5.41, 5.74) is 0. The zero-order valence-electron chi connectivity index (χ0n) is 9.04. The van der Waals surface area contributed by atoms with Crippen molar-refractivity contribution in [3.63, 3.8) is 0 Å². The molecule has 1 aliphatic rings. The van der Waals surface area contributed by atoms with Gasteiger partial charge in [-0.1, -0.05) is 12.8 Å². The molecule has 0 aromatic rings. The summed E-state index contributed by atoms with van der Waals surface area (Å²) in [7, 11) is 0. The Kier molecular flexibility index (Phi) is 6.03. The van der Waals surface area contributed by atoms with Crippen LogP contribution in [-0.4, -0.2) is 29.5 Å². The Hall–Kier alpha value is -0.280. The fourth-order valence-electron chi connectivity index (χ4n) is 2.12. The number of aliphatic hydroxyl groups is 1. The standard InChI is InChI=1S/C11H20ClNO2/c12-7-3-6-11(15)13-10-5-2-1-4-9(10)8-14/h9-10,14H,1-8H2,(H,13,15). The van der Waals surface area contributed by atoms with E-state index in [1.807, 2.05) is 0 Å². The highest BCUT2D eigenvalue weighted by Crippen LogP contribution is 2.23. The number of halogens is 1. The van der Waals surface area contributed by atoms with Crippen LogP contribution in [0, 0.1) is 5.92 Å². The number of alkyl halides is 1. The Morgan fingerprint density at radius 2 is 2.13 bits per heavy atom. The van der Waals surface area contributed by atoms with Crippen LogP contribution in [-0.2, 0) is 4.79 Å². The minimum Gasteiger partial charge on any atom is -0.396 e. The molecule has 0 heterocycles. The number of hydrogen-bond acceptors (Lipinski definition) is 2. The van der Waals surface area contributed by atoms with Crippen molar-refractivity contribution in [3.8, 4) is 0 Å². The molecule has 3 nitrogen and oxygen atoms in total. The quantitative estimate of drug-likeness (QED) is 0.710. The molecule has 1 rings (SSSR count). The van der Waals surface area contributed by atoms with Crippen molar-refractivity contribution in [1.82, 2.24) is 5.32 Å². The van der Waals surface area contributed by atoms with Crippen molar-refractivity contribution in [2.75, 3.05) is 12.5 Å². The monoisotopic (exact) mass is 233 g/mol. The summed E-state index contributed by atoms with van der Waals surface area (Å²) in [4.78, 5) is 11.5. The highest BCUT2D eigenvalue weighted by Gasteiger charge is 2.25. The second kappa shape index (κ2) is 7.07. The van der Waals surface area contributed by atoms with Gasteiger partial charge in [0, 0.05) is 30.9 Å². The lowest BCUT2D eigenvalue weighted by atomic mass is 9.85. The van der Waals surface area contributed by atoms with Crippen LogP contribution in [0.1, 0.15) is 38.5 Å². The average molecular weight is 234 g/mol. The van der Waals surface area contributed by atoms with Gasteiger partial charge in [0.05, 0.1) is 0 Å². The minimum atomic E-state index is 0.0704. The van der Waals surface area contributed by atoms with Gasteiger partial charge in [-0.05, 0) is 19.3 Å². The topological polar surface area (TPSA) is 49.3 Å². The molecule has 0 aliphatic heterocycles. The van der Waals surface area contributed by atoms with Crippen LogP contribution < -0.4 is 5.32 Å². The van der Waals surface area contributed by atoms with E-state index in [4.69, 9.17) is 11.6 Å². The van der Waals surface area contributed by atoms with Gasteiger partial charge in [0.2, 0.25) is 5.91 Å². The molecular weight excluding hydrogens is 214 g/mol. The van der Waals surface area contributed by atoms with Crippen molar-refractivity contribution in [1.29, 1.82) is 0 Å². The molecule has 4 heteroatoms. The van der Waals surface area contributed by atoms with Crippen LogP contribution in [0.4, 0.5) is 0 Å². The molecule has 1 saturated carbocycles. The van der Waals surface area contributed by atoms with Gasteiger partial charge in [0.1, 0.15) is 0 Å². The van der Waals surface area contributed by atoms with Gasteiger partial charge in [0.25, 0.3) is 0 Å². The van der Waals surface area contributed by atoms with Gasteiger partial charge in [-0.25, -0.2) is 0 Å². The molecule has 1 aliphatic carbocycles. The fraction of sp³-hybridized carbons (Fsp3) is 0.909. The normalized spacial score (nSPS) is 26.3. The van der Waals surface area contributed by atoms with E-state index in [9.17, 15) is 9.90 Å². The van der Waals surface area contributed by atoms with Crippen molar-refractivity contribution >= 4 is 17.5 Å². The smallest absolute Gasteiger partial charge is 0.220 e. The lowest BCUT2D eigenvalue weighted by molar-refractivity contribution is -0.122. The van der Waals surface area contributed by atoms with E-state index >= 15 is 0 Å². The summed E-state index contributed by atoms with van der Waals surface area (Å²) >= 11 is 5.52. The van der Waals surface area contributed by atoms with Crippen molar-refractivity contribution in [3.05, 3.63) is 0 Å². The maximum Gasteiger partial charge on any atom is 0.220 e. The first-order chi connectivity index (χ1) is 7.27. The summed E-state index contributed by atoms with van der Waals surface area (Å²) in [5.74, 6) is 0.848. The van der Waals surface area contributed by atoms with E-state index < -0.39 is 0 Å². The van der Waals surface area contributed by atoms with E-state index in [1.54, 1.807) is 0 Å². The fourth-order valence-corrected chi connectivity index (χ4v) is 2.26. The highest BCUT2D eigenvalue weighted by molar-refractivity contribution is 6.17. The molecule has 0 saturated heterocycles. The van der Waals surface area contributed by atoms with Gasteiger partial charge in [-0.2, -0.15) is 0 Å². The molecule has 0 aromatic carbocycles. The molecule has 88 valence electrons. The third kappa shape index (κ3) is 4.39. The Balaban J connectivity index is 2.30. The van der Waals surface area contributed by atoms with Crippen molar-refractivity contribution in [2.24, 2.45) is 5.92 Å². The molecule has 2 N–H and O–H groups in total. The molecule has 0 bridgehead atoms. The molecule has 0 aromatic heterocycles. The molecule has 0 radical (unpaired) electrons. The maximum absolute atomic E-state index is 11.5. The second-order valence-electron chi connectivity index (χ2n) is 4.19. The third-order valence-electron chi connectivity index (χ3n) is 3.03. The second-order valence-corrected chi connectivity index (χ2v) is 4.57. The van der Waals surface area contributed by atoms with Crippen LogP contribution in [0.2, 0.25) is 0 Å². The molecule has 1 fully saturated rings. The SMILES string of the molecule is O=C(CCCCl)NC1CCCCC1CO. The molecule has 15 heavy (non-hydrogen) atoms. The average Bonchev–Trinajstić information content (AvgIpc) is 2.27. The number of carbonyl (C=O) groups excluding carboxylic acids is 1. The van der Waals surface area contributed by atoms with Gasteiger partial charge in [-0.3, -0.25) is 4.79 Å². The highest BCUT2D eigenvalue weighted by atomic mass is 35.5. The predicted molar refractivity (Wildman–Crippen MR) is 60.9 cm³/mol. The lowest BCUT2D eigenvalue weighted by Crippen LogP contribution is -2.43. The first-order valence-corrected chi connectivity index (χ1v) is 6.27. The van der Waals surface area contributed by atoms with E-state index in [2.05, 4.69) is 5.32 Å². The number of amides is 1. The predicted octanol–water partition coefficient (Wildman–Crippen LogP) is 1.67. The number of carbonyl (C=O) groups is 1. The van der Waals surface area contributed by atoms with Crippen molar-refractivity contribution in [2.45, 2.75) is 44.6 Å². The molecule has 0 spiro atoms. The summed E-state index contributed by atoms with van der Waals surface area (Å²) in [5, 5.41) is 12.2. The van der Waals surface area contributed by atoms with E-state index in [-0.39, 0.29) is 24.5 Å². The molecular formula is C11H20ClNO2. The molecule has 1 amide bonds. The minimum absolute atomic E-state index is 0.0704. The summed E-state index contributed by atoms with van der Waals surface area (Å²) in [6, 6.07) is 0.173. The van der Waals surface area contributed by atoms with E-state index in [0.717, 1.165) is 25.7 Å². The first-order valence-electron chi connectivity index (χ1n) is 5.74. The Morgan fingerprint density at radius 3 is 2.80 bits per heavy atom. The van der Waals surface area contributed by atoms with E-state index in [1.165, 1.54) is 6.42 Å². The zero-order valence-corrected chi connectivity index (χ0v) is 9.80. The number of hydrogen-bond donors (Lipinski definition) is 2. The number of aliphatic hydroxyl groups excluding tert-OH is 1. The van der Waals surface area contributed by atoms with Crippen LogP contribution in [0.15, 0.2) is 0 Å². The van der Waals surface area contributed by atoms with Crippen LogP contribution in [0.3, 0.4) is 0 Å². The van der Waals surface area contributed by atoms with Crippen LogP contribution in [0.5, 0.6) is 0 Å². The van der Waals surface area contributed by atoms with Crippen LogP contribution in [0.25, 0.3) is 0 Å². The summed E-state index contributed by atoms with van der Waals surface area (Å²) in [6.07, 6.45) is 5.56. The number of nitrogens with one attached hydrogen (secondary N) is 1. The summed E-state index contributed by atoms with van der Waals surface area (Å²) < 4.78 is 0. The van der Waals surface area contributed by atoms with Crippen molar-refractivity contribution < 1.29 is 9.90 Å². The van der Waals surface area contributed by atoms with Gasteiger partial charge in [-0.15, -0.1) is 11.6 Å². The lowest BCUT2D eigenvalue weighted by Gasteiger charge is -2.30. The Labute approximate surface area is 96.2 Å². The van der Waals surface area contributed by atoms with Gasteiger partial charge >= 0.3 is 0 Å². The largest absolute Gasteiger partial charge is 0.396 e. The zero-order chi connectivity index (χ0) is 11.1.